The molecule has 2 unspecified atom stereocenters. The third kappa shape index (κ3) is 10.6. The van der Waals surface area contributed by atoms with Gasteiger partial charge in [-0.1, -0.05) is 79.2 Å². The van der Waals surface area contributed by atoms with Crippen molar-refractivity contribution in [2.45, 2.75) is 77.8 Å². The van der Waals surface area contributed by atoms with Gasteiger partial charge in [-0.3, -0.25) is 9.59 Å². The van der Waals surface area contributed by atoms with Gasteiger partial charge in [0.05, 0.1) is 12.2 Å². The van der Waals surface area contributed by atoms with E-state index in [0.717, 1.165) is 40.8 Å². The molecule has 0 spiro atoms. The first-order valence-corrected chi connectivity index (χ1v) is 17.2. The fourth-order valence-electron chi connectivity index (χ4n) is 6.04. The molecule has 0 aliphatic rings. The third-order valence-corrected chi connectivity index (χ3v) is 8.80. The maximum absolute atomic E-state index is 14.0. The van der Waals surface area contributed by atoms with Crippen LogP contribution in [-0.2, 0) is 17.4 Å². The molecule has 0 bridgehead atoms. The number of nitrogens with one attached hydrogen (secondary N) is 1. The molecule has 8 heteroatoms. The molecule has 5 nitrogen and oxygen atoms in total. The smallest absolute Gasteiger partial charge is 0.416 e. The van der Waals surface area contributed by atoms with Gasteiger partial charge in [0.2, 0.25) is 5.91 Å². The SMILES string of the molecule is CCCNC(=O)CCCc1ccc(C(=O)CC(c2ccc(C)cc2)C(/C=C(\C)c2cc(C(F)(F)F)ccc2OCC)c2ccc(O)cc2)cc1. The zero-order chi connectivity index (χ0) is 36.3. The van der Waals surface area contributed by atoms with Gasteiger partial charge in [-0.25, -0.2) is 0 Å². The number of aromatic hydroxyl groups is 1. The van der Waals surface area contributed by atoms with Crippen LogP contribution in [0.2, 0.25) is 0 Å². The second-order valence-corrected chi connectivity index (χ2v) is 12.7. The first kappa shape index (κ1) is 38.0. The lowest BCUT2D eigenvalue weighted by molar-refractivity contribution is -0.137. The van der Waals surface area contributed by atoms with Gasteiger partial charge in [-0.05, 0) is 92.6 Å². The van der Waals surface area contributed by atoms with Crippen molar-refractivity contribution >= 4 is 17.3 Å². The highest BCUT2D eigenvalue weighted by Gasteiger charge is 2.32. The van der Waals surface area contributed by atoms with E-state index in [1.807, 2.05) is 68.5 Å². The minimum Gasteiger partial charge on any atom is -0.508 e. The van der Waals surface area contributed by atoms with Gasteiger partial charge in [-0.2, -0.15) is 13.2 Å². The summed E-state index contributed by atoms with van der Waals surface area (Å²) < 4.78 is 47.2. The molecule has 0 aliphatic carbocycles. The van der Waals surface area contributed by atoms with E-state index in [1.54, 1.807) is 38.1 Å². The Balaban J connectivity index is 1.71. The fourth-order valence-corrected chi connectivity index (χ4v) is 6.04. The Bertz CT molecular complexity index is 1740. The lowest BCUT2D eigenvalue weighted by atomic mass is 9.76. The zero-order valence-electron chi connectivity index (χ0n) is 29.1. The summed E-state index contributed by atoms with van der Waals surface area (Å²) in [7, 11) is 0. The number of phenols is 1. The number of hydrogen-bond acceptors (Lipinski definition) is 4. The van der Waals surface area contributed by atoms with Crippen LogP contribution < -0.4 is 10.1 Å². The summed E-state index contributed by atoms with van der Waals surface area (Å²) in [6, 6.07) is 25.6. The van der Waals surface area contributed by atoms with Gasteiger partial charge in [0, 0.05) is 42.3 Å². The molecular weight excluding hydrogens is 639 g/mol. The maximum atomic E-state index is 14.0. The highest BCUT2D eigenvalue weighted by atomic mass is 19.4. The Kier molecular flexibility index (Phi) is 13.4. The number of carbonyl (C=O) groups excluding carboxylic acids is 2. The molecule has 1 amide bonds. The van der Waals surface area contributed by atoms with Crippen molar-refractivity contribution in [3.05, 3.63) is 136 Å². The van der Waals surface area contributed by atoms with E-state index in [0.29, 0.717) is 48.3 Å². The number of benzene rings is 4. The van der Waals surface area contributed by atoms with Crippen LogP contribution in [0.4, 0.5) is 13.2 Å². The lowest BCUT2D eigenvalue weighted by Gasteiger charge is -2.27. The normalized spacial score (nSPS) is 13.1. The number of allylic oxidation sites excluding steroid dienone is 2. The van der Waals surface area contributed by atoms with Gasteiger partial charge >= 0.3 is 6.18 Å². The number of carbonyl (C=O) groups is 2. The molecule has 0 radical (unpaired) electrons. The summed E-state index contributed by atoms with van der Waals surface area (Å²) in [5.74, 6) is -0.479. The van der Waals surface area contributed by atoms with E-state index < -0.39 is 23.6 Å². The average molecular weight is 686 g/mol. The lowest BCUT2D eigenvalue weighted by Crippen LogP contribution is -2.23. The number of hydrogen-bond donors (Lipinski definition) is 2. The molecular formula is C42H46F3NO4. The van der Waals surface area contributed by atoms with Gasteiger partial charge in [0.1, 0.15) is 11.5 Å². The summed E-state index contributed by atoms with van der Waals surface area (Å²) >= 11 is 0. The molecule has 4 aromatic rings. The quantitative estimate of drug-likeness (QED) is 0.115. The summed E-state index contributed by atoms with van der Waals surface area (Å²) in [4.78, 5) is 26.0. The van der Waals surface area contributed by atoms with Crippen LogP contribution in [0.25, 0.3) is 5.57 Å². The van der Waals surface area contributed by atoms with Gasteiger partial charge in [0.25, 0.3) is 0 Å². The van der Waals surface area contributed by atoms with Crippen LogP contribution in [0.3, 0.4) is 0 Å². The topological polar surface area (TPSA) is 75.6 Å². The highest BCUT2D eigenvalue weighted by Crippen LogP contribution is 2.42. The van der Waals surface area contributed by atoms with Gasteiger partial charge in [0.15, 0.2) is 5.78 Å². The first-order valence-electron chi connectivity index (χ1n) is 17.2. The van der Waals surface area contributed by atoms with E-state index in [2.05, 4.69) is 5.32 Å². The van der Waals surface area contributed by atoms with Crippen LogP contribution in [0, 0.1) is 6.92 Å². The second kappa shape index (κ2) is 17.7. The fraction of sp³-hybridized carbons (Fsp3) is 0.333. The number of ether oxygens (including phenoxy) is 1. The van der Waals surface area contributed by atoms with Crippen molar-refractivity contribution in [3.8, 4) is 11.5 Å². The number of aryl methyl sites for hydroxylation is 2. The number of Topliss-reactive ketones (excluding diaryl/α,β-unsaturated/α-hetero) is 1. The van der Waals surface area contributed by atoms with Crippen molar-refractivity contribution in [2.24, 2.45) is 0 Å². The Hall–Kier alpha value is -4.85. The van der Waals surface area contributed by atoms with Crippen LogP contribution in [0.5, 0.6) is 11.5 Å². The molecule has 2 atom stereocenters. The highest BCUT2D eigenvalue weighted by molar-refractivity contribution is 5.96. The van der Waals surface area contributed by atoms with E-state index >= 15 is 0 Å². The largest absolute Gasteiger partial charge is 0.508 e. The molecule has 50 heavy (non-hydrogen) atoms. The molecule has 4 aromatic carbocycles. The molecule has 264 valence electrons. The Morgan fingerprint density at radius 1 is 0.900 bits per heavy atom. The standard InChI is InChI=1S/C42H46F3NO4/c1-5-24-46-41(49)9-7-8-30-12-16-33(17-13-30)39(48)27-38(31-14-10-28(3)11-15-31)37(32-18-21-35(47)22-19-32)25-29(4)36-26-34(42(43,44)45)20-23-40(36)50-6-2/h10-23,25-26,37-38,47H,5-9,24,27H2,1-4H3,(H,46,49)/b29-25+. The van der Waals surface area contributed by atoms with E-state index in [4.69, 9.17) is 4.74 Å². The number of phenolic OH excluding ortho intramolecular Hbond substituents is 1. The summed E-state index contributed by atoms with van der Waals surface area (Å²) in [6.07, 6.45) is 0.241. The van der Waals surface area contributed by atoms with Crippen LogP contribution >= 0.6 is 0 Å². The average Bonchev–Trinajstić information content (AvgIpc) is 3.09. The van der Waals surface area contributed by atoms with E-state index in [-0.39, 0.29) is 30.5 Å². The van der Waals surface area contributed by atoms with E-state index in [1.165, 1.54) is 6.07 Å². The van der Waals surface area contributed by atoms with Crippen molar-refractivity contribution in [2.75, 3.05) is 13.2 Å². The molecule has 0 aromatic heterocycles. The first-order chi connectivity index (χ1) is 23.9. The van der Waals surface area contributed by atoms with E-state index in [9.17, 15) is 27.9 Å². The summed E-state index contributed by atoms with van der Waals surface area (Å²) in [5, 5.41) is 13.0. The van der Waals surface area contributed by atoms with Crippen molar-refractivity contribution in [3.63, 3.8) is 0 Å². The molecule has 4 rings (SSSR count). The predicted molar refractivity (Wildman–Crippen MR) is 193 cm³/mol. The Morgan fingerprint density at radius 3 is 2.18 bits per heavy atom. The zero-order valence-corrected chi connectivity index (χ0v) is 29.1. The monoisotopic (exact) mass is 685 g/mol. The van der Waals surface area contributed by atoms with Crippen LogP contribution in [0.1, 0.15) is 102 Å². The minimum atomic E-state index is -4.54. The molecule has 0 saturated carbocycles. The number of amides is 1. The molecule has 0 aliphatic heterocycles. The second-order valence-electron chi connectivity index (χ2n) is 12.7. The van der Waals surface area contributed by atoms with Gasteiger partial charge < -0.3 is 15.2 Å². The van der Waals surface area contributed by atoms with Crippen molar-refractivity contribution < 1.29 is 32.6 Å². The third-order valence-electron chi connectivity index (χ3n) is 8.80. The number of halogens is 3. The number of alkyl halides is 3. The van der Waals surface area contributed by atoms with Crippen LogP contribution in [-0.4, -0.2) is 29.9 Å². The molecule has 0 fully saturated rings. The van der Waals surface area contributed by atoms with Gasteiger partial charge in [-0.15, -0.1) is 0 Å². The van der Waals surface area contributed by atoms with Crippen molar-refractivity contribution in [1.29, 1.82) is 0 Å². The number of rotatable bonds is 16. The predicted octanol–water partition coefficient (Wildman–Crippen LogP) is 10.2. The van der Waals surface area contributed by atoms with Crippen molar-refractivity contribution in [1.82, 2.24) is 5.32 Å². The van der Waals surface area contributed by atoms with Crippen LogP contribution in [0.15, 0.2) is 97.1 Å². The molecule has 0 heterocycles. The Morgan fingerprint density at radius 2 is 1.56 bits per heavy atom. The Labute approximate surface area is 293 Å². The molecule has 0 saturated heterocycles. The molecule has 2 N–H and O–H groups in total. The number of ketones is 1. The summed E-state index contributed by atoms with van der Waals surface area (Å²) in [5.41, 5.74) is 4.43. The maximum Gasteiger partial charge on any atom is 0.416 e. The summed E-state index contributed by atoms with van der Waals surface area (Å²) in [6.45, 7) is 8.47. The minimum absolute atomic E-state index is 0.0374.